The number of carbonyl (C=O) groups is 2. The fourth-order valence-electron chi connectivity index (χ4n) is 3.48. The van der Waals surface area contributed by atoms with Gasteiger partial charge >= 0.3 is 11.9 Å². The molecule has 0 spiro atoms. The number of fused-ring (bicyclic) bond motifs is 2. The lowest BCUT2D eigenvalue weighted by atomic mass is 10.1. The normalized spacial score (nSPS) is 10.9. The van der Waals surface area contributed by atoms with Crippen molar-refractivity contribution in [2.75, 3.05) is 26.4 Å². The Hall–Kier alpha value is -4.10. The minimum absolute atomic E-state index is 0.0233. The maximum absolute atomic E-state index is 12.2. The molecule has 0 aliphatic rings. The quantitative estimate of drug-likeness (QED) is 0.305. The molecule has 2 N–H and O–H groups in total. The molecule has 0 aliphatic carbocycles. The smallest absolute Gasteiger partial charge is 0.342 e. The number of hydrogen-bond donors (Lipinski definition) is 2. The van der Waals surface area contributed by atoms with E-state index in [9.17, 15) is 19.8 Å². The van der Waals surface area contributed by atoms with E-state index in [2.05, 4.69) is 0 Å². The molecule has 0 aliphatic heterocycles. The van der Waals surface area contributed by atoms with Crippen LogP contribution in [0, 0.1) is 0 Å². The van der Waals surface area contributed by atoms with Gasteiger partial charge in [-0.25, -0.2) is 9.59 Å². The van der Waals surface area contributed by atoms with Crippen LogP contribution in [0.1, 0.15) is 20.7 Å². The van der Waals surface area contributed by atoms with Gasteiger partial charge in [0.25, 0.3) is 0 Å². The summed E-state index contributed by atoms with van der Waals surface area (Å²) >= 11 is 0. The third-order valence-electron chi connectivity index (χ3n) is 5.16. The van der Waals surface area contributed by atoms with Crippen LogP contribution < -0.4 is 0 Å². The van der Waals surface area contributed by atoms with Gasteiger partial charge in [-0.2, -0.15) is 0 Å². The number of phenols is 2. The van der Waals surface area contributed by atoms with Crippen molar-refractivity contribution in [3.05, 3.63) is 83.9 Å². The van der Waals surface area contributed by atoms with Gasteiger partial charge < -0.3 is 24.4 Å². The molecule has 4 rings (SSSR count). The average molecular weight is 446 g/mol. The molecule has 0 saturated carbocycles. The highest BCUT2D eigenvalue weighted by molar-refractivity contribution is 6.02. The SMILES string of the molecule is O=C(OCCOCCOC(=O)c1ccc2ccccc2c1O)c1ccc2ccccc2c1O. The van der Waals surface area contributed by atoms with Crippen molar-refractivity contribution in [2.45, 2.75) is 0 Å². The van der Waals surface area contributed by atoms with Gasteiger partial charge in [-0.3, -0.25) is 0 Å². The van der Waals surface area contributed by atoms with Crippen LogP contribution in [0.2, 0.25) is 0 Å². The van der Waals surface area contributed by atoms with Gasteiger partial charge in [0.2, 0.25) is 0 Å². The zero-order valence-corrected chi connectivity index (χ0v) is 17.7. The summed E-state index contributed by atoms with van der Waals surface area (Å²) in [6.07, 6.45) is 0. The zero-order chi connectivity index (χ0) is 23.2. The van der Waals surface area contributed by atoms with E-state index in [0.717, 1.165) is 10.8 Å². The van der Waals surface area contributed by atoms with E-state index in [1.54, 1.807) is 36.4 Å². The van der Waals surface area contributed by atoms with E-state index in [0.29, 0.717) is 10.8 Å². The van der Waals surface area contributed by atoms with E-state index >= 15 is 0 Å². The van der Waals surface area contributed by atoms with E-state index in [1.165, 1.54) is 12.1 Å². The first-order valence-corrected chi connectivity index (χ1v) is 10.4. The summed E-state index contributed by atoms with van der Waals surface area (Å²) in [5, 5.41) is 23.4. The molecule has 33 heavy (non-hydrogen) atoms. The summed E-state index contributed by atoms with van der Waals surface area (Å²) in [5.41, 5.74) is 0.163. The molecule has 0 aromatic heterocycles. The molecule has 0 bridgehead atoms. The highest BCUT2D eigenvalue weighted by Crippen LogP contribution is 2.30. The third-order valence-corrected chi connectivity index (χ3v) is 5.16. The molecule has 0 fully saturated rings. The highest BCUT2D eigenvalue weighted by atomic mass is 16.6. The Morgan fingerprint density at radius 2 is 1.00 bits per heavy atom. The second-order valence-electron chi connectivity index (χ2n) is 7.25. The van der Waals surface area contributed by atoms with Gasteiger partial charge in [-0.05, 0) is 22.9 Å². The van der Waals surface area contributed by atoms with Crippen molar-refractivity contribution in [2.24, 2.45) is 0 Å². The lowest BCUT2D eigenvalue weighted by Gasteiger charge is -2.10. The van der Waals surface area contributed by atoms with Crippen molar-refractivity contribution in [3.63, 3.8) is 0 Å². The third kappa shape index (κ3) is 4.88. The minimum atomic E-state index is -0.653. The van der Waals surface area contributed by atoms with Gasteiger partial charge in [-0.15, -0.1) is 0 Å². The topological polar surface area (TPSA) is 102 Å². The van der Waals surface area contributed by atoms with Crippen LogP contribution in [0.3, 0.4) is 0 Å². The number of rotatable bonds is 8. The van der Waals surface area contributed by atoms with Crippen LogP contribution in [-0.4, -0.2) is 48.6 Å². The maximum atomic E-state index is 12.2. The molecule has 7 nitrogen and oxygen atoms in total. The van der Waals surface area contributed by atoms with Crippen molar-refractivity contribution < 1.29 is 34.0 Å². The number of benzene rings is 4. The second-order valence-corrected chi connectivity index (χ2v) is 7.25. The molecule has 0 radical (unpaired) electrons. The first-order valence-electron chi connectivity index (χ1n) is 10.4. The Labute approximate surface area is 189 Å². The van der Waals surface area contributed by atoms with Gasteiger partial charge in [0.05, 0.1) is 13.2 Å². The van der Waals surface area contributed by atoms with Crippen molar-refractivity contribution in [1.29, 1.82) is 0 Å². The highest BCUT2D eigenvalue weighted by Gasteiger charge is 2.16. The summed E-state index contributed by atoms with van der Waals surface area (Å²) in [4.78, 5) is 24.5. The molecule has 4 aromatic rings. The monoisotopic (exact) mass is 446 g/mol. The van der Waals surface area contributed by atoms with Crippen LogP contribution in [0.25, 0.3) is 21.5 Å². The molecule has 0 amide bonds. The Morgan fingerprint density at radius 1 is 0.576 bits per heavy atom. The summed E-state index contributed by atoms with van der Waals surface area (Å²) < 4.78 is 15.6. The molecular formula is C26H22O7. The first-order chi connectivity index (χ1) is 16.1. The second kappa shape index (κ2) is 10.0. The molecule has 0 saturated heterocycles. The zero-order valence-electron chi connectivity index (χ0n) is 17.7. The lowest BCUT2D eigenvalue weighted by Crippen LogP contribution is -2.15. The maximum Gasteiger partial charge on any atom is 0.342 e. The number of hydrogen-bond acceptors (Lipinski definition) is 7. The van der Waals surface area contributed by atoms with Crippen LogP contribution in [0.15, 0.2) is 72.8 Å². The Morgan fingerprint density at radius 3 is 1.45 bits per heavy atom. The fourth-order valence-corrected chi connectivity index (χ4v) is 3.48. The Bertz CT molecular complexity index is 1210. The number of carbonyl (C=O) groups excluding carboxylic acids is 2. The van der Waals surface area contributed by atoms with Crippen molar-refractivity contribution >= 4 is 33.5 Å². The van der Waals surface area contributed by atoms with E-state index < -0.39 is 11.9 Å². The first kappa shape index (κ1) is 22.1. The van der Waals surface area contributed by atoms with Gasteiger partial charge in [-0.1, -0.05) is 60.7 Å². The average Bonchev–Trinajstić information content (AvgIpc) is 2.84. The molecule has 0 atom stereocenters. The van der Waals surface area contributed by atoms with E-state index in [1.807, 2.05) is 24.3 Å². The fraction of sp³-hybridized carbons (Fsp3) is 0.154. The standard InChI is InChI=1S/C26H22O7/c27-23-19-7-3-1-5-17(19)9-11-21(23)25(29)32-15-13-31-14-16-33-26(30)22-12-10-18-6-2-4-8-20(18)24(22)28/h1-12,27-28H,13-16H2. The summed E-state index contributed by atoms with van der Waals surface area (Å²) in [5.74, 6) is -1.55. The molecule has 168 valence electrons. The van der Waals surface area contributed by atoms with Crippen molar-refractivity contribution in [3.8, 4) is 11.5 Å². The van der Waals surface area contributed by atoms with Crippen LogP contribution in [0.5, 0.6) is 11.5 Å². The lowest BCUT2D eigenvalue weighted by molar-refractivity contribution is 0.0149. The molecule has 4 aromatic carbocycles. The molecule has 7 heteroatoms. The predicted octanol–water partition coefficient (Wildman–Crippen LogP) is 4.43. The predicted molar refractivity (Wildman–Crippen MR) is 123 cm³/mol. The van der Waals surface area contributed by atoms with E-state index in [-0.39, 0.29) is 49.1 Å². The largest absolute Gasteiger partial charge is 0.506 e. The van der Waals surface area contributed by atoms with E-state index in [4.69, 9.17) is 14.2 Å². The van der Waals surface area contributed by atoms with Gasteiger partial charge in [0, 0.05) is 10.8 Å². The van der Waals surface area contributed by atoms with Gasteiger partial charge in [0.15, 0.2) is 0 Å². The number of aromatic hydroxyl groups is 2. The number of phenolic OH excluding ortho intramolecular Hbond substituents is 2. The molecule has 0 heterocycles. The Kier molecular flexibility index (Phi) is 6.71. The van der Waals surface area contributed by atoms with Crippen molar-refractivity contribution in [1.82, 2.24) is 0 Å². The van der Waals surface area contributed by atoms with Gasteiger partial charge in [0.1, 0.15) is 35.8 Å². The molecule has 0 unspecified atom stereocenters. The number of esters is 2. The van der Waals surface area contributed by atoms with Crippen LogP contribution >= 0.6 is 0 Å². The molecular weight excluding hydrogens is 424 g/mol. The summed E-state index contributed by atoms with van der Waals surface area (Å²) in [7, 11) is 0. The minimum Gasteiger partial charge on any atom is -0.506 e. The Balaban J connectivity index is 1.20. The summed E-state index contributed by atoms with van der Waals surface area (Å²) in [6.45, 7) is 0.146. The van der Waals surface area contributed by atoms with Crippen LogP contribution in [0.4, 0.5) is 0 Å². The summed E-state index contributed by atoms with van der Waals surface area (Å²) in [6, 6.07) is 20.9. The number of ether oxygens (including phenoxy) is 3. The van der Waals surface area contributed by atoms with Crippen LogP contribution in [-0.2, 0) is 14.2 Å².